The summed E-state index contributed by atoms with van der Waals surface area (Å²) < 4.78 is 15.4. The molecular formula is C51H43N11O4. The van der Waals surface area contributed by atoms with Crippen LogP contribution in [0.1, 0.15) is 27.0 Å². The zero-order valence-electron chi connectivity index (χ0n) is 35.7. The number of anilines is 2. The van der Waals surface area contributed by atoms with Crippen LogP contribution in [-0.4, -0.2) is 57.2 Å². The lowest BCUT2D eigenvalue weighted by Crippen LogP contribution is -2.17. The van der Waals surface area contributed by atoms with E-state index >= 15 is 0 Å². The first-order valence-electron chi connectivity index (χ1n) is 20.9. The van der Waals surface area contributed by atoms with Crippen LogP contribution in [0.15, 0.2) is 170 Å². The summed E-state index contributed by atoms with van der Waals surface area (Å²) in [5.41, 5.74) is 21.9. The number of carbonyl (C=O) groups excluding carboxylic acids is 1. The van der Waals surface area contributed by atoms with Crippen LogP contribution in [0.4, 0.5) is 11.6 Å². The Morgan fingerprint density at radius 2 is 1.02 bits per heavy atom. The van der Waals surface area contributed by atoms with Gasteiger partial charge in [-0.15, -0.1) is 0 Å². The number of ether oxygens (including phenoxy) is 2. The van der Waals surface area contributed by atoms with Gasteiger partial charge in [0.15, 0.2) is 23.3 Å². The summed E-state index contributed by atoms with van der Waals surface area (Å²) >= 11 is 0. The first kappa shape index (κ1) is 42.4. The van der Waals surface area contributed by atoms with Crippen molar-refractivity contribution < 1.29 is 19.4 Å². The lowest BCUT2D eigenvalue weighted by atomic mass is 10.1. The van der Waals surface area contributed by atoms with E-state index in [-0.39, 0.29) is 12.5 Å². The second-order valence-corrected chi connectivity index (χ2v) is 15.0. The van der Waals surface area contributed by atoms with Gasteiger partial charge in [-0.05, 0) is 53.1 Å². The maximum absolute atomic E-state index is 11.9. The van der Waals surface area contributed by atoms with Crippen molar-refractivity contribution in [2.75, 3.05) is 18.5 Å². The smallest absolute Gasteiger partial charge is 0.251 e. The molecule has 0 aliphatic heterocycles. The molecule has 0 aliphatic carbocycles. The fraction of sp³-hybridized carbons (Fsp3) is 0.0784. The van der Waals surface area contributed by atoms with Crippen molar-refractivity contribution >= 4 is 28.6 Å². The van der Waals surface area contributed by atoms with Gasteiger partial charge in [-0.2, -0.15) is 10.2 Å². The van der Waals surface area contributed by atoms with Gasteiger partial charge in [0.2, 0.25) is 0 Å². The molecule has 6 aromatic carbocycles. The molecule has 0 radical (unpaired) electrons. The van der Waals surface area contributed by atoms with Crippen molar-refractivity contribution in [2.45, 2.75) is 19.8 Å². The number of nitrogens with one attached hydrogen (secondary N) is 1. The van der Waals surface area contributed by atoms with Gasteiger partial charge in [-0.3, -0.25) is 4.79 Å². The number of hydrogen-bond acceptors (Lipinski definition) is 12. The van der Waals surface area contributed by atoms with Crippen LogP contribution in [0, 0.1) is 0 Å². The van der Waals surface area contributed by atoms with Crippen molar-refractivity contribution in [3.05, 3.63) is 193 Å². The summed E-state index contributed by atoms with van der Waals surface area (Å²) in [7, 11) is 1.60. The van der Waals surface area contributed by atoms with E-state index in [1.165, 1.54) is 12.7 Å². The third-order valence-corrected chi connectivity index (χ3v) is 10.7. The molecule has 6 N–H and O–H groups in total. The number of aromatic nitrogens is 8. The second-order valence-electron chi connectivity index (χ2n) is 15.0. The number of carbonyl (C=O) groups is 1. The van der Waals surface area contributed by atoms with E-state index in [0.717, 1.165) is 50.4 Å². The number of hydrogen-bond donors (Lipinski definition) is 4. The number of nitrogens with zero attached hydrogens (tertiary/aromatic N) is 8. The minimum atomic E-state index is -0.154. The van der Waals surface area contributed by atoms with E-state index in [4.69, 9.17) is 30.9 Å². The molecule has 326 valence electrons. The first-order valence-corrected chi connectivity index (χ1v) is 20.9. The number of rotatable bonds is 12. The highest BCUT2D eigenvalue weighted by atomic mass is 16.5. The average Bonchev–Trinajstić information content (AvgIpc) is 3.97. The largest absolute Gasteiger partial charge is 0.489 e. The van der Waals surface area contributed by atoms with Crippen LogP contribution in [-0.2, 0) is 19.8 Å². The first-order chi connectivity index (χ1) is 32.4. The van der Waals surface area contributed by atoms with E-state index in [1.54, 1.807) is 28.2 Å². The van der Waals surface area contributed by atoms with Crippen molar-refractivity contribution in [2.24, 2.45) is 0 Å². The Bertz CT molecular complexity index is 3270. The van der Waals surface area contributed by atoms with Gasteiger partial charge in [-0.25, -0.2) is 29.0 Å². The molecule has 15 nitrogen and oxygen atoms in total. The molecule has 10 rings (SSSR count). The van der Waals surface area contributed by atoms with E-state index in [0.29, 0.717) is 64.5 Å². The molecular weight excluding hydrogens is 831 g/mol. The number of fused-ring (bicyclic) bond motifs is 2. The third kappa shape index (κ3) is 9.08. The highest BCUT2D eigenvalue weighted by Gasteiger charge is 2.21. The van der Waals surface area contributed by atoms with Crippen LogP contribution in [0.5, 0.6) is 11.5 Å². The fourth-order valence-electron chi connectivity index (χ4n) is 7.31. The number of nitrogen functional groups attached to an aromatic ring is 2. The number of nitrogens with two attached hydrogens (primary N) is 2. The zero-order valence-corrected chi connectivity index (χ0v) is 35.7. The summed E-state index contributed by atoms with van der Waals surface area (Å²) in [6, 6.07) is 50.1. The summed E-state index contributed by atoms with van der Waals surface area (Å²) in [6.45, 7) is 0.920. The van der Waals surface area contributed by atoms with Crippen LogP contribution < -0.4 is 26.3 Å². The van der Waals surface area contributed by atoms with Gasteiger partial charge in [0.05, 0.1) is 6.61 Å². The molecule has 66 heavy (non-hydrogen) atoms. The molecule has 0 atom stereocenters. The Kier molecular flexibility index (Phi) is 12.3. The standard InChI is InChI=1S/C26H22N6O2.C25H21N5O2/c1-28-26(33)19-12-10-18(11-13-19)25-31-22(23-24(27)29-16-30-32(23)25)20-8-5-9-21(14-20)34-15-17-6-3-2-4-7-17;26-24-23-22(20-7-4-8-21(13-20)32-15-18-5-2-1-3-6-18)29-25(30(23)28-16-27-24)19-11-9-17(14-31)10-12-19/h2-14,16H,15H2,1H3,(H,28,33)(H2,27,29,30);1-13,16,31H,14-15H2,(H2,26,27,28). The van der Waals surface area contributed by atoms with Crippen LogP contribution in [0.2, 0.25) is 0 Å². The van der Waals surface area contributed by atoms with E-state index < -0.39 is 0 Å². The monoisotopic (exact) mass is 873 g/mol. The molecule has 10 aromatic rings. The third-order valence-electron chi connectivity index (χ3n) is 10.7. The maximum Gasteiger partial charge on any atom is 0.251 e. The van der Waals surface area contributed by atoms with Crippen LogP contribution in [0.3, 0.4) is 0 Å². The van der Waals surface area contributed by atoms with E-state index in [1.807, 2.05) is 146 Å². The Labute approximate surface area is 379 Å². The maximum atomic E-state index is 11.9. The minimum Gasteiger partial charge on any atom is -0.489 e. The quantitative estimate of drug-likeness (QED) is 0.0919. The van der Waals surface area contributed by atoms with Gasteiger partial charge in [0, 0.05) is 34.9 Å². The highest BCUT2D eigenvalue weighted by molar-refractivity contribution is 5.94. The molecule has 0 aliphatic rings. The van der Waals surface area contributed by atoms with E-state index in [9.17, 15) is 9.90 Å². The van der Waals surface area contributed by atoms with Crippen LogP contribution in [0.25, 0.3) is 56.3 Å². The molecule has 0 spiro atoms. The number of aliphatic hydroxyl groups is 1. The number of amides is 1. The lowest BCUT2D eigenvalue weighted by molar-refractivity contribution is 0.0963. The van der Waals surface area contributed by atoms with Gasteiger partial charge >= 0.3 is 0 Å². The predicted octanol–water partition coefficient (Wildman–Crippen LogP) is 8.09. The van der Waals surface area contributed by atoms with Crippen molar-refractivity contribution in [1.29, 1.82) is 0 Å². The van der Waals surface area contributed by atoms with Gasteiger partial charge in [-0.1, -0.05) is 121 Å². The Hall–Kier alpha value is -8.95. The van der Waals surface area contributed by atoms with Gasteiger partial charge < -0.3 is 31.4 Å². The Morgan fingerprint density at radius 3 is 1.45 bits per heavy atom. The number of aliphatic hydroxyl groups excluding tert-OH is 1. The SMILES string of the molecule is CNC(=O)c1ccc(-c2nc(-c3cccc(OCc4ccccc4)c3)c3c(N)ncnn23)cc1.Nc1ncnn2c(-c3ccc(CO)cc3)nc(-c3cccc(OCc4ccccc4)c3)c12. The lowest BCUT2D eigenvalue weighted by Gasteiger charge is -2.08. The van der Waals surface area contributed by atoms with Gasteiger partial charge in [0.1, 0.15) is 59.8 Å². The molecule has 4 aromatic heterocycles. The minimum absolute atomic E-state index is 0.0151. The average molecular weight is 874 g/mol. The zero-order chi connectivity index (χ0) is 45.4. The summed E-state index contributed by atoms with van der Waals surface area (Å²) in [6.07, 6.45) is 2.81. The topological polar surface area (TPSA) is 206 Å². The molecule has 0 saturated carbocycles. The normalized spacial score (nSPS) is 10.9. The molecule has 0 fully saturated rings. The molecule has 15 heteroatoms. The fourth-order valence-corrected chi connectivity index (χ4v) is 7.31. The molecule has 4 heterocycles. The number of imidazole rings is 2. The second kappa shape index (κ2) is 19.2. The van der Waals surface area contributed by atoms with E-state index in [2.05, 4.69) is 25.5 Å². The van der Waals surface area contributed by atoms with Crippen molar-refractivity contribution in [3.8, 4) is 56.8 Å². The van der Waals surface area contributed by atoms with Crippen molar-refractivity contribution in [1.82, 2.24) is 44.5 Å². The molecule has 1 amide bonds. The predicted molar refractivity (Wildman–Crippen MR) is 253 cm³/mol. The van der Waals surface area contributed by atoms with Gasteiger partial charge in [0.25, 0.3) is 5.91 Å². The summed E-state index contributed by atoms with van der Waals surface area (Å²) in [4.78, 5) is 30.0. The molecule has 0 saturated heterocycles. The number of benzene rings is 6. The summed E-state index contributed by atoms with van der Waals surface area (Å²) in [5.74, 6) is 3.20. The highest BCUT2D eigenvalue weighted by Crippen LogP contribution is 2.35. The summed E-state index contributed by atoms with van der Waals surface area (Å²) in [5, 5.41) is 20.7. The molecule has 0 bridgehead atoms. The molecule has 0 unspecified atom stereocenters. The van der Waals surface area contributed by atoms with Crippen LogP contribution >= 0.6 is 0 Å². The Morgan fingerprint density at radius 1 is 0.561 bits per heavy atom. The van der Waals surface area contributed by atoms with Crippen molar-refractivity contribution in [3.63, 3.8) is 0 Å². The Balaban J connectivity index is 0.000000166.